The fourth-order valence-electron chi connectivity index (χ4n) is 1.82. The van der Waals surface area contributed by atoms with E-state index in [1.54, 1.807) is 42.5 Å². The molecule has 0 aliphatic rings. The fourth-order valence-corrected chi connectivity index (χ4v) is 1.82. The van der Waals surface area contributed by atoms with E-state index in [1.165, 1.54) is 25.1 Å². The predicted molar refractivity (Wildman–Crippen MR) is 80.5 cm³/mol. The molecule has 0 aliphatic heterocycles. The van der Waals surface area contributed by atoms with Gasteiger partial charge in [-0.2, -0.15) is 0 Å². The Morgan fingerprint density at radius 3 is 2.38 bits per heavy atom. The second-order valence-corrected chi connectivity index (χ2v) is 4.48. The van der Waals surface area contributed by atoms with E-state index in [2.05, 4.69) is 5.32 Å². The number of hydrogen-bond acceptors (Lipinski definition) is 2. The van der Waals surface area contributed by atoms with Gasteiger partial charge in [0.1, 0.15) is 5.82 Å². The van der Waals surface area contributed by atoms with Gasteiger partial charge in [-0.1, -0.05) is 24.3 Å². The molecule has 21 heavy (non-hydrogen) atoms. The summed E-state index contributed by atoms with van der Waals surface area (Å²) in [6.45, 7) is 1.44. The first-order valence-corrected chi connectivity index (χ1v) is 6.41. The molecule has 0 aliphatic carbocycles. The van der Waals surface area contributed by atoms with Crippen molar-refractivity contribution in [2.75, 3.05) is 5.32 Å². The van der Waals surface area contributed by atoms with E-state index in [1.807, 2.05) is 0 Å². The van der Waals surface area contributed by atoms with E-state index in [4.69, 9.17) is 0 Å². The molecule has 4 heteroatoms. The summed E-state index contributed by atoms with van der Waals surface area (Å²) in [5.74, 6) is -0.798. The zero-order valence-electron chi connectivity index (χ0n) is 11.5. The van der Waals surface area contributed by atoms with Crippen molar-refractivity contribution in [2.45, 2.75) is 6.92 Å². The Kier molecular flexibility index (Phi) is 4.61. The van der Waals surface area contributed by atoms with Crippen LogP contribution in [0.2, 0.25) is 0 Å². The van der Waals surface area contributed by atoms with Crippen molar-refractivity contribution >= 4 is 23.5 Å². The molecule has 1 N–H and O–H groups in total. The van der Waals surface area contributed by atoms with Crippen LogP contribution >= 0.6 is 0 Å². The van der Waals surface area contributed by atoms with E-state index in [-0.39, 0.29) is 17.5 Å². The van der Waals surface area contributed by atoms with E-state index < -0.39 is 0 Å². The largest absolute Gasteiger partial charge is 0.322 e. The smallest absolute Gasteiger partial charge is 0.248 e. The molecule has 0 radical (unpaired) electrons. The lowest BCUT2D eigenvalue weighted by atomic mass is 10.1. The molecular weight excluding hydrogens is 269 g/mol. The van der Waals surface area contributed by atoms with Crippen molar-refractivity contribution in [2.24, 2.45) is 0 Å². The lowest BCUT2D eigenvalue weighted by Gasteiger charge is -2.06. The Hall–Kier alpha value is -2.75. The molecular formula is C17H14FNO2. The predicted octanol–water partition coefficient (Wildman–Crippen LogP) is 3.68. The maximum atomic E-state index is 12.8. The monoisotopic (exact) mass is 283 g/mol. The number of carbonyl (C=O) groups excluding carboxylic acids is 2. The van der Waals surface area contributed by atoms with Crippen LogP contribution in [0.1, 0.15) is 22.8 Å². The topological polar surface area (TPSA) is 46.2 Å². The molecule has 2 rings (SSSR count). The van der Waals surface area contributed by atoms with Crippen LogP contribution in [0.3, 0.4) is 0 Å². The van der Waals surface area contributed by atoms with E-state index in [0.717, 1.165) is 0 Å². The molecule has 2 aromatic carbocycles. The van der Waals surface area contributed by atoms with Gasteiger partial charge >= 0.3 is 0 Å². The summed E-state index contributed by atoms with van der Waals surface area (Å²) < 4.78 is 12.8. The average Bonchev–Trinajstić information content (AvgIpc) is 2.47. The number of rotatable bonds is 4. The molecule has 3 nitrogen and oxygen atoms in total. The highest BCUT2D eigenvalue weighted by atomic mass is 19.1. The molecule has 0 heterocycles. The highest BCUT2D eigenvalue weighted by Crippen LogP contribution is 2.15. The summed E-state index contributed by atoms with van der Waals surface area (Å²) in [5, 5.41) is 2.65. The van der Waals surface area contributed by atoms with Gasteiger partial charge < -0.3 is 5.32 Å². The van der Waals surface area contributed by atoms with Crippen molar-refractivity contribution in [1.82, 2.24) is 0 Å². The number of ketones is 1. The van der Waals surface area contributed by atoms with Gasteiger partial charge in [0.2, 0.25) is 5.91 Å². The van der Waals surface area contributed by atoms with Gasteiger partial charge in [-0.25, -0.2) is 4.39 Å². The number of anilines is 1. The second kappa shape index (κ2) is 6.61. The Bertz CT molecular complexity index is 690. The van der Waals surface area contributed by atoms with Crippen molar-refractivity contribution in [3.8, 4) is 0 Å². The molecule has 2 aromatic rings. The Balaban J connectivity index is 2.08. The molecule has 0 spiro atoms. The van der Waals surface area contributed by atoms with Crippen LogP contribution in [0.25, 0.3) is 6.08 Å². The van der Waals surface area contributed by atoms with Gasteiger partial charge in [-0.05, 0) is 42.8 Å². The maximum Gasteiger partial charge on any atom is 0.248 e. The third-order valence-corrected chi connectivity index (χ3v) is 2.86. The number of amides is 1. The third-order valence-electron chi connectivity index (χ3n) is 2.86. The molecule has 0 fully saturated rings. The van der Waals surface area contributed by atoms with Crippen LogP contribution in [0.4, 0.5) is 10.1 Å². The molecule has 0 aromatic heterocycles. The van der Waals surface area contributed by atoms with Crippen LogP contribution < -0.4 is 5.32 Å². The van der Waals surface area contributed by atoms with Crippen LogP contribution in [0.5, 0.6) is 0 Å². The maximum absolute atomic E-state index is 12.8. The van der Waals surface area contributed by atoms with Crippen LogP contribution in [0, 0.1) is 5.82 Å². The molecule has 0 unspecified atom stereocenters. The standard InChI is InChI=1S/C17H14FNO2/c1-12(20)15-4-2-3-5-16(15)19-17(21)11-8-13-6-9-14(18)10-7-13/h2-11H,1H3,(H,19,21). The van der Waals surface area contributed by atoms with Gasteiger partial charge in [0.25, 0.3) is 0 Å². The molecule has 0 saturated heterocycles. The summed E-state index contributed by atoms with van der Waals surface area (Å²) in [7, 11) is 0. The van der Waals surface area contributed by atoms with E-state index >= 15 is 0 Å². The van der Waals surface area contributed by atoms with Gasteiger partial charge in [0.05, 0.1) is 5.69 Å². The highest BCUT2D eigenvalue weighted by molar-refractivity contribution is 6.07. The van der Waals surface area contributed by atoms with Gasteiger partial charge in [-0.3, -0.25) is 9.59 Å². The summed E-state index contributed by atoms with van der Waals surface area (Å²) >= 11 is 0. The van der Waals surface area contributed by atoms with Gasteiger partial charge in [0.15, 0.2) is 5.78 Å². The van der Waals surface area contributed by atoms with Crippen molar-refractivity contribution in [1.29, 1.82) is 0 Å². The highest BCUT2D eigenvalue weighted by Gasteiger charge is 2.07. The Labute approximate surface area is 122 Å². The number of hydrogen-bond donors (Lipinski definition) is 1. The van der Waals surface area contributed by atoms with E-state index in [0.29, 0.717) is 16.8 Å². The first-order valence-electron chi connectivity index (χ1n) is 6.41. The van der Waals surface area contributed by atoms with Gasteiger partial charge in [0, 0.05) is 11.6 Å². The van der Waals surface area contributed by atoms with Crippen LogP contribution in [0.15, 0.2) is 54.6 Å². The minimum Gasteiger partial charge on any atom is -0.322 e. The molecule has 106 valence electrons. The summed E-state index contributed by atoms with van der Waals surface area (Å²) in [6.07, 6.45) is 2.91. The lowest BCUT2D eigenvalue weighted by Crippen LogP contribution is -2.11. The van der Waals surface area contributed by atoms with E-state index in [9.17, 15) is 14.0 Å². The van der Waals surface area contributed by atoms with Crippen molar-refractivity contribution in [3.63, 3.8) is 0 Å². The zero-order valence-corrected chi connectivity index (χ0v) is 11.5. The zero-order chi connectivity index (χ0) is 15.2. The number of nitrogens with one attached hydrogen (secondary N) is 1. The third kappa shape index (κ3) is 4.11. The van der Waals surface area contributed by atoms with Crippen molar-refractivity contribution < 1.29 is 14.0 Å². The first-order chi connectivity index (χ1) is 10.1. The number of benzene rings is 2. The summed E-state index contributed by atoms with van der Waals surface area (Å²) in [6, 6.07) is 12.6. The average molecular weight is 283 g/mol. The minimum atomic E-state index is -0.354. The normalized spacial score (nSPS) is 10.6. The second-order valence-electron chi connectivity index (χ2n) is 4.48. The molecule has 0 atom stereocenters. The molecule has 1 amide bonds. The molecule has 0 saturated carbocycles. The first kappa shape index (κ1) is 14.7. The SMILES string of the molecule is CC(=O)c1ccccc1NC(=O)C=Cc1ccc(F)cc1. The summed E-state index contributed by atoms with van der Waals surface area (Å²) in [4.78, 5) is 23.3. The number of halogens is 1. The number of para-hydroxylation sites is 1. The fraction of sp³-hybridized carbons (Fsp3) is 0.0588. The lowest BCUT2D eigenvalue weighted by molar-refractivity contribution is -0.111. The molecule has 0 bridgehead atoms. The van der Waals surface area contributed by atoms with Crippen LogP contribution in [-0.4, -0.2) is 11.7 Å². The van der Waals surface area contributed by atoms with Gasteiger partial charge in [-0.15, -0.1) is 0 Å². The minimum absolute atomic E-state index is 0.117. The quantitative estimate of drug-likeness (QED) is 0.687. The Morgan fingerprint density at radius 1 is 1.05 bits per heavy atom. The summed E-state index contributed by atoms with van der Waals surface area (Å²) in [5.41, 5.74) is 1.64. The van der Waals surface area contributed by atoms with Crippen LogP contribution in [-0.2, 0) is 4.79 Å². The number of Topliss-reactive ketones (excluding diaryl/α,β-unsaturated/α-hetero) is 1. The Morgan fingerprint density at radius 2 is 1.71 bits per heavy atom. The number of carbonyl (C=O) groups is 2. The van der Waals surface area contributed by atoms with Crippen molar-refractivity contribution in [3.05, 3.63) is 71.6 Å².